The summed E-state index contributed by atoms with van der Waals surface area (Å²) in [5.41, 5.74) is 0. The quantitative estimate of drug-likeness (QED) is 0.562. The Balaban J connectivity index is 0.000000980. The van der Waals surface area contributed by atoms with E-state index in [2.05, 4.69) is 15.7 Å². The van der Waals surface area contributed by atoms with Gasteiger partial charge in [0.1, 0.15) is 12.4 Å². The first-order valence-corrected chi connectivity index (χ1v) is 5.47. The molecule has 1 N–H and O–H groups in total. The van der Waals surface area contributed by atoms with Gasteiger partial charge in [0.25, 0.3) is 0 Å². The third-order valence-electron chi connectivity index (χ3n) is 3.12. The summed E-state index contributed by atoms with van der Waals surface area (Å²) >= 11 is 0. The molecule has 1 fully saturated rings. The molecule has 80 valence electrons. The zero-order valence-corrected chi connectivity index (χ0v) is 10.7. The molecule has 0 amide bonds. The molecule has 0 unspecified atom stereocenters. The zero-order valence-electron chi connectivity index (χ0n) is 8.58. The lowest BCUT2D eigenvalue weighted by Gasteiger charge is -2.20. The van der Waals surface area contributed by atoms with Crippen molar-refractivity contribution in [2.24, 2.45) is 5.92 Å². The predicted octanol–water partition coefficient (Wildman–Crippen LogP) is -0.723. The molecule has 1 aliphatic rings. The van der Waals surface area contributed by atoms with E-state index in [-0.39, 0.29) is 24.0 Å². The van der Waals surface area contributed by atoms with E-state index >= 15 is 0 Å². The van der Waals surface area contributed by atoms with E-state index < -0.39 is 0 Å². The number of aromatic amines is 1. The largest absolute Gasteiger partial charge is 1.00 e. The van der Waals surface area contributed by atoms with Crippen LogP contribution in [0.2, 0.25) is 0 Å². The number of aryl methyl sites for hydroxylation is 1. The van der Waals surface area contributed by atoms with E-state index in [1.165, 1.54) is 45.1 Å². The number of aromatic nitrogens is 2. The highest BCUT2D eigenvalue weighted by atomic mass is 127. The van der Waals surface area contributed by atoms with E-state index in [0.717, 1.165) is 5.92 Å². The average molecular weight is 306 g/mol. The molecule has 0 spiro atoms. The first kappa shape index (κ1) is 12.0. The minimum atomic E-state index is 0. The van der Waals surface area contributed by atoms with Crippen molar-refractivity contribution in [3.05, 3.63) is 18.7 Å². The molecule has 0 aliphatic heterocycles. The summed E-state index contributed by atoms with van der Waals surface area (Å²) in [6.45, 7) is 1.19. The van der Waals surface area contributed by atoms with Gasteiger partial charge in [-0.25, -0.2) is 4.57 Å². The van der Waals surface area contributed by atoms with Gasteiger partial charge in [0.05, 0.1) is 6.54 Å². The number of nitrogens with zero attached hydrogens (tertiary/aromatic N) is 1. The molecule has 0 radical (unpaired) electrons. The molecule has 14 heavy (non-hydrogen) atoms. The molecule has 0 atom stereocenters. The lowest BCUT2D eigenvalue weighted by atomic mass is 9.87. The van der Waals surface area contributed by atoms with E-state index in [9.17, 15) is 0 Å². The monoisotopic (exact) mass is 306 g/mol. The molecule has 0 aromatic carbocycles. The minimum absolute atomic E-state index is 0. The Morgan fingerprint density at radius 1 is 1.21 bits per heavy atom. The molecule has 1 saturated carbocycles. The highest BCUT2D eigenvalue weighted by molar-refractivity contribution is 4.64. The third-order valence-corrected chi connectivity index (χ3v) is 3.12. The lowest BCUT2D eigenvalue weighted by Crippen LogP contribution is -3.00. The van der Waals surface area contributed by atoms with E-state index in [4.69, 9.17) is 0 Å². The van der Waals surface area contributed by atoms with Gasteiger partial charge in [-0.2, -0.15) is 0 Å². The van der Waals surface area contributed by atoms with Crippen LogP contribution in [0.15, 0.2) is 18.7 Å². The van der Waals surface area contributed by atoms with Crippen LogP contribution < -0.4 is 28.5 Å². The Kier molecular flexibility index (Phi) is 5.52. The maximum atomic E-state index is 3.08. The SMILES string of the molecule is [I-].c1c[n+](CCC2CCCCC2)c[nH]1. The molecular formula is C11H19IN2. The van der Waals surface area contributed by atoms with E-state index in [1.807, 2.05) is 12.5 Å². The zero-order chi connectivity index (χ0) is 8.93. The summed E-state index contributed by atoms with van der Waals surface area (Å²) in [5.74, 6) is 0.996. The molecule has 2 nitrogen and oxygen atoms in total. The van der Waals surface area contributed by atoms with Crippen molar-refractivity contribution in [1.29, 1.82) is 0 Å². The van der Waals surface area contributed by atoms with Crippen molar-refractivity contribution in [3.63, 3.8) is 0 Å². The van der Waals surface area contributed by atoms with Crippen molar-refractivity contribution in [2.75, 3.05) is 0 Å². The number of nitrogens with one attached hydrogen (secondary N) is 1. The molecule has 1 aromatic heterocycles. The van der Waals surface area contributed by atoms with Crippen LogP contribution in [-0.4, -0.2) is 4.98 Å². The van der Waals surface area contributed by atoms with Crippen LogP contribution in [0.3, 0.4) is 0 Å². The van der Waals surface area contributed by atoms with Crippen molar-refractivity contribution in [1.82, 2.24) is 4.98 Å². The van der Waals surface area contributed by atoms with Crippen LogP contribution in [0, 0.1) is 5.92 Å². The molecule has 1 heterocycles. The summed E-state index contributed by atoms with van der Waals surface area (Å²) in [5, 5.41) is 0. The summed E-state index contributed by atoms with van der Waals surface area (Å²) in [4.78, 5) is 3.08. The number of rotatable bonds is 3. The minimum Gasteiger partial charge on any atom is -1.00 e. The number of hydrogen-bond donors (Lipinski definition) is 1. The molecule has 3 heteroatoms. The van der Waals surface area contributed by atoms with Crippen LogP contribution in [0.1, 0.15) is 38.5 Å². The van der Waals surface area contributed by atoms with Gasteiger partial charge < -0.3 is 24.0 Å². The second kappa shape index (κ2) is 6.43. The molecule has 1 aliphatic carbocycles. The average Bonchev–Trinajstić information content (AvgIpc) is 2.69. The van der Waals surface area contributed by atoms with Crippen molar-refractivity contribution < 1.29 is 28.5 Å². The predicted molar refractivity (Wildman–Crippen MR) is 52.2 cm³/mol. The molecule has 0 bridgehead atoms. The number of hydrogen-bond acceptors (Lipinski definition) is 0. The van der Waals surface area contributed by atoms with Gasteiger partial charge in [-0.05, 0) is 12.3 Å². The fourth-order valence-corrected chi connectivity index (χ4v) is 2.27. The Bertz CT molecular complexity index is 227. The Hall–Kier alpha value is -0.0600. The maximum Gasteiger partial charge on any atom is 0.241 e. The van der Waals surface area contributed by atoms with Crippen LogP contribution in [0.5, 0.6) is 0 Å². The second-order valence-electron chi connectivity index (χ2n) is 4.14. The highest BCUT2D eigenvalue weighted by Crippen LogP contribution is 2.25. The van der Waals surface area contributed by atoms with Gasteiger partial charge in [-0.15, -0.1) is 0 Å². The number of halogens is 1. The van der Waals surface area contributed by atoms with Crippen molar-refractivity contribution in [3.8, 4) is 0 Å². The summed E-state index contributed by atoms with van der Waals surface area (Å²) in [6.07, 6.45) is 14.8. The normalized spacial score (nSPS) is 17.7. The second-order valence-corrected chi connectivity index (χ2v) is 4.14. The molecule has 1 aromatic rings. The molecule has 0 saturated heterocycles. The number of imidazole rings is 1. The van der Waals surface area contributed by atoms with Gasteiger partial charge in [0.2, 0.25) is 6.33 Å². The van der Waals surface area contributed by atoms with Crippen molar-refractivity contribution in [2.45, 2.75) is 45.1 Å². The first-order chi connectivity index (χ1) is 6.45. The Morgan fingerprint density at radius 2 is 2.00 bits per heavy atom. The topological polar surface area (TPSA) is 19.7 Å². The van der Waals surface area contributed by atoms with Gasteiger partial charge in [-0.1, -0.05) is 32.1 Å². The fraction of sp³-hybridized carbons (Fsp3) is 0.727. The smallest absolute Gasteiger partial charge is 0.241 e. The Labute approximate surface area is 103 Å². The Morgan fingerprint density at radius 3 is 2.64 bits per heavy atom. The lowest BCUT2D eigenvalue weighted by molar-refractivity contribution is -0.696. The van der Waals surface area contributed by atoms with Crippen LogP contribution in [-0.2, 0) is 6.54 Å². The highest BCUT2D eigenvalue weighted by Gasteiger charge is 2.13. The van der Waals surface area contributed by atoms with Crippen LogP contribution in [0.25, 0.3) is 0 Å². The maximum absolute atomic E-state index is 3.08. The van der Waals surface area contributed by atoms with Gasteiger partial charge in [0, 0.05) is 0 Å². The number of H-pyrrole nitrogens is 1. The first-order valence-electron chi connectivity index (χ1n) is 5.47. The summed E-state index contributed by atoms with van der Waals surface area (Å²) < 4.78 is 2.24. The molecular weight excluding hydrogens is 287 g/mol. The standard InChI is InChI=1S/C11H18N2.HI/c1-2-4-11(5-3-1)6-8-13-9-7-12-10-13;/h7,9-11H,1-6,8H2;1H. The summed E-state index contributed by atoms with van der Waals surface area (Å²) in [7, 11) is 0. The van der Waals surface area contributed by atoms with E-state index in [1.54, 1.807) is 0 Å². The van der Waals surface area contributed by atoms with Crippen LogP contribution >= 0.6 is 0 Å². The van der Waals surface area contributed by atoms with Crippen molar-refractivity contribution >= 4 is 0 Å². The fourth-order valence-electron chi connectivity index (χ4n) is 2.27. The third kappa shape index (κ3) is 3.59. The summed E-state index contributed by atoms with van der Waals surface area (Å²) in [6, 6.07) is 0. The van der Waals surface area contributed by atoms with Crippen LogP contribution in [0.4, 0.5) is 0 Å². The van der Waals surface area contributed by atoms with E-state index in [0.29, 0.717) is 0 Å². The van der Waals surface area contributed by atoms with Gasteiger partial charge >= 0.3 is 0 Å². The van der Waals surface area contributed by atoms with Gasteiger partial charge in [-0.3, -0.25) is 4.98 Å². The molecule has 2 rings (SSSR count). The van der Waals surface area contributed by atoms with Gasteiger partial charge in [0.15, 0.2) is 0 Å².